The van der Waals surface area contributed by atoms with Gasteiger partial charge in [-0.3, -0.25) is 4.90 Å². The van der Waals surface area contributed by atoms with Crippen LogP contribution in [0.5, 0.6) is 0 Å². The molecule has 2 atom stereocenters. The number of nitrogens with zero attached hydrogens (tertiary/aromatic N) is 2. The molecular weight excluding hydrogens is 258 g/mol. The largest absolute Gasteiger partial charge is 0.328 e. The van der Waals surface area contributed by atoms with E-state index in [-0.39, 0.29) is 5.54 Å². The van der Waals surface area contributed by atoms with E-state index in [2.05, 4.69) is 48.2 Å². The Morgan fingerprint density at radius 2 is 2.10 bits per heavy atom. The number of rotatable bonds is 3. The van der Waals surface area contributed by atoms with Crippen LogP contribution in [0.15, 0.2) is 24.3 Å². The summed E-state index contributed by atoms with van der Waals surface area (Å²) in [6.45, 7) is 3.08. The van der Waals surface area contributed by atoms with Gasteiger partial charge in [0.1, 0.15) is 0 Å². The Labute approximate surface area is 129 Å². The number of aryl methyl sites for hydroxylation is 1. The molecule has 3 rings (SSSR count). The van der Waals surface area contributed by atoms with E-state index in [1.165, 1.54) is 49.8 Å². The Kier molecular flexibility index (Phi) is 4.34. The molecule has 116 valence electrons. The van der Waals surface area contributed by atoms with Crippen LogP contribution in [-0.4, -0.2) is 49.6 Å². The summed E-state index contributed by atoms with van der Waals surface area (Å²) in [6.07, 6.45) is 6.28. The fourth-order valence-electron chi connectivity index (χ4n) is 4.33. The summed E-state index contributed by atoms with van der Waals surface area (Å²) in [7, 11) is 4.41. The fraction of sp³-hybridized carbons (Fsp3) is 0.667. The van der Waals surface area contributed by atoms with Gasteiger partial charge in [0.15, 0.2) is 0 Å². The van der Waals surface area contributed by atoms with E-state index in [4.69, 9.17) is 5.73 Å². The van der Waals surface area contributed by atoms with Crippen molar-refractivity contribution in [2.45, 2.75) is 43.7 Å². The number of nitrogens with two attached hydrogens (primary N) is 1. The van der Waals surface area contributed by atoms with Crippen molar-refractivity contribution in [2.75, 3.05) is 33.7 Å². The van der Waals surface area contributed by atoms with Gasteiger partial charge in [-0.05, 0) is 63.9 Å². The van der Waals surface area contributed by atoms with Crippen LogP contribution in [0.4, 0.5) is 0 Å². The van der Waals surface area contributed by atoms with Crippen molar-refractivity contribution >= 4 is 0 Å². The van der Waals surface area contributed by atoms with Crippen LogP contribution in [0.1, 0.15) is 36.8 Å². The molecule has 21 heavy (non-hydrogen) atoms. The third-order valence-electron chi connectivity index (χ3n) is 5.63. The van der Waals surface area contributed by atoms with Gasteiger partial charge in [0.2, 0.25) is 0 Å². The summed E-state index contributed by atoms with van der Waals surface area (Å²) in [5.74, 6) is 0. The van der Waals surface area contributed by atoms with E-state index in [0.29, 0.717) is 6.04 Å². The molecule has 0 bridgehead atoms. The average Bonchev–Trinajstić information content (AvgIpc) is 2.54. The summed E-state index contributed by atoms with van der Waals surface area (Å²) in [6, 6.07) is 9.63. The second-order valence-electron chi connectivity index (χ2n) is 6.95. The van der Waals surface area contributed by atoms with Crippen molar-refractivity contribution in [2.24, 2.45) is 5.73 Å². The quantitative estimate of drug-likeness (QED) is 0.925. The van der Waals surface area contributed by atoms with Crippen LogP contribution in [0.3, 0.4) is 0 Å². The molecule has 1 saturated heterocycles. The predicted molar refractivity (Wildman–Crippen MR) is 88.4 cm³/mol. The zero-order valence-corrected chi connectivity index (χ0v) is 13.5. The Balaban J connectivity index is 1.94. The lowest BCUT2D eigenvalue weighted by Gasteiger charge is -2.51. The number of likely N-dealkylation sites (tertiary alicyclic amines) is 1. The molecule has 1 heterocycles. The van der Waals surface area contributed by atoms with Crippen LogP contribution in [0, 0.1) is 0 Å². The lowest BCUT2D eigenvalue weighted by Crippen LogP contribution is -2.58. The zero-order chi connectivity index (χ0) is 14.9. The molecule has 1 aliphatic heterocycles. The number of benzene rings is 1. The van der Waals surface area contributed by atoms with Crippen LogP contribution in [-0.2, 0) is 12.0 Å². The average molecular weight is 287 g/mol. The van der Waals surface area contributed by atoms with Crippen molar-refractivity contribution < 1.29 is 0 Å². The third-order valence-corrected chi connectivity index (χ3v) is 5.63. The van der Waals surface area contributed by atoms with Gasteiger partial charge in [-0.15, -0.1) is 0 Å². The van der Waals surface area contributed by atoms with Crippen molar-refractivity contribution in [3.8, 4) is 0 Å². The molecule has 0 radical (unpaired) electrons. The Morgan fingerprint density at radius 1 is 1.29 bits per heavy atom. The SMILES string of the molecule is CN(C)C1CCCN(C2(CN)CCCc3ccccc32)C1. The molecule has 0 amide bonds. The van der Waals surface area contributed by atoms with Gasteiger partial charge >= 0.3 is 0 Å². The maximum atomic E-state index is 6.35. The highest BCUT2D eigenvalue weighted by Crippen LogP contribution is 2.41. The van der Waals surface area contributed by atoms with Gasteiger partial charge in [-0.1, -0.05) is 24.3 Å². The number of hydrogen-bond donors (Lipinski definition) is 1. The standard InChI is InChI=1S/C18H29N3/c1-20(2)16-9-6-12-21(13-16)18(14-19)11-5-8-15-7-3-4-10-17(15)18/h3-4,7,10,16H,5-6,8-9,11-14,19H2,1-2H3. The molecule has 3 heteroatoms. The lowest BCUT2D eigenvalue weighted by atomic mass is 9.74. The van der Waals surface area contributed by atoms with E-state index in [9.17, 15) is 0 Å². The Hall–Kier alpha value is -0.900. The molecule has 2 unspecified atom stereocenters. The van der Waals surface area contributed by atoms with Crippen LogP contribution >= 0.6 is 0 Å². The normalized spacial score (nSPS) is 30.4. The molecule has 1 aliphatic carbocycles. The van der Waals surface area contributed by atoms with Gasteiger partial charge in [0, 0.05) is 19.1 Å². The topological polar surface area (TPSA) is 32.5 Å². The number of piperidine rings is 1. The molecule has 1 aromatic carbocycles. The maximum Gasteiger partial charge on any atom is 0.0587 e. The predicted octanol–water partition coefficient (Wildman–Crippen LogP) is 2.20. The first-order chi connectivity index (χ1) is 10.2. The first kappa shape index (κ1) is 15.0. The molecular formula is C18H29N3. The van der Waals surface area contributed by atoms with E-state index in [1.54, 1.807) is 0 Å². The summed E-state index contributed by atoms with van der Waals surface area (Å²) in [5.41, 5.74) is 9.44. The van der Waals surface area contributed by atoms with Gasteiger partial charge < -0.3 is 10.6 Å². The van der Waals surface area contributed by atoms with Crippen molar-refractivity contribution in [1.82, 2.24) is 9.80 Å². The molecule has 3 nitrogen and oxygen atoms in total. The van der Waals surface area contributed by atoms with Gasteiger partial charge in [0.25, 0.3) is 0 Å². The van der Waals surface area contributed by atoms with Crippen molar-refractivity contribution in [3.63, 3.8) is 0 Å². The Bertz CT molecular complexity index is 485. The minimum Gasteiger partial charge on any atom is -0.328 e. The highest BCUT2D eigenvalue weighted by atomic mass is 15.3. The van der Waals surface area contributed by atoms with Crippen molar-refractivity contribution in [3.05, 3.63) is 35.4 Å². The number of hydrogen-bond acceptors (Lipinski definition) is 3. The molecule has 1 fully saturated rings. The maximum absolute atomic E-state index is 6.35. The minimum atomic E-state index is 0.0729. The van der Waals surface area contributed by atoms with E-state index >= 15 is 0 Å². The second kappa shape index (κ2) is 6.07. The second-order valence-corrected chi connectivity index (χ2v) is 6.95. The molecule has 0 aromatic heterocycles. The van der Waals surface area contributed by atoms with E-state index in [1.807, 2.05) is 0 Å². The van der Waals surface area contributed by atoms with Crippen molar-refractivity contribution in [1.29, 1.82) is 0 Å². The smallest absolute Gasteiger partial charge is 0.0587 e. The van der Waals surface area contributed by atoms with Crippen LogP contribution in [0.2, 0.25) is 0 Å². The molecule has 2 aliphatic rings. The third kappa shape index (κ3) is 2.63. The molecule has 1 aromatic rings. The van der Waals surface area contributed by atoms with Gasteiger partial charge in [0.05, 0.1) is 5.54 Å². The fourth-order valence-corrected chi connectivity index (χ4v) is 4.33. The summed E-state index contributed by atoms with van der Waals surface area (Å²) >= 11 is 0. The van der Waals surface area contributed by atoms with E-state index < -0.39 is 0 Å². The molecule has 0 saturated carbocycles. The summed E-state index contributed by atoms with van der Waals surface area (Å²) < 4.78 is 0. The highest BCUT2D eigenvalue weighted by molar-refractivity contribution is 5.37. The molecule has 0 spiro atoms. The first-order valence-corrected chi connectivity index (χ1v) is 8.37. The summed E-state index contributed by atoms with van der Waals surface area (Å²) in [5, 5.41) is 0. The van der Waals surface area contributed by atoms with Crippen LogP contribution in [0.25, 0.3) is 0 Å². The minimum absolute atomic E-state index is 0.0729. The van der Waals surface area contributed by atoms with Gasteiger partial charge in [-0.2, -0.15) is 0 Å². The summed E-state index contributed by atoms with van der Waals surface area (Å²) in [4.78, 5) is 5.07. The Morgan fingerprint density at radius 3 is 2.86 bits per heavy atom. The first-order valence-electron chi connectivity index (χ1n) is 8.37. The van der Waals surface area contributed by atoms with E-state index in [0.717, 1.165) is 13.1 Å². The van der Waals surface area contributed by atoms with Gasteiger partial charge in [-0.25, -0.2) is 0 Å². The monoisotopic (exact) mass is 287 g/mol. The zero-order valence-electron chi connectivity index (χ0n) is 13.5. The molecule has 2 N–H and O–H groups in total. The van der Waals surface area contributed by atoms with Crippen LogP contribution < -0.4 is 5.73 Å². The number of fused-ring (bicyclic) bond motifs is 1. The number of likely N-dealkylation sites (N-methyl/N-ethyl adjacent to an activating group) is 1. The lowest BCUT2D eigenvalue weighted by molar-refractivity contribution is 0.0213. The highest BCUT2D eigenvalue weighted by Gasteiger charge is 2.42.